The van der Waals surface area contributed by atoms with Crippen LogP contribution in [-0.4, -0.2) is 19.8 Å². The van der Waals surface area contributed by atoms with Gasteiger partial charge in [-0.2, -0.15) is 0 Å². The minimum absolute atomic E-state index is 0.0706. The summed E-state index contributed by atoms with van der Waals surface area (Å²) in [6, 6.07) is 0. The molecule has 0 aromatic heterocycles. The predicted octanol–water partition coefficient (Wildman–Crippen LogP) is -0.829. The molecule has 0 heterocycles. The van der Waals surface area contributed by atoms with Gasteiger partial charge in [-0.25, -0.2) is 0 Å². The number of nitrogens with one attached hydrogen (secondary N) is 1. The van der Waals surface area contributed by atoms with E-state index in [1.807, 2.05) is 0 Å². The number of aliphatic hydroxyl groups excluding tert-OH is 1. The van der Waals surface area contributed by atoms with Crippen LogP contribution in [0.25, 0.3) is 0 Å². The summed E-state index contributed by atoms with van der Waals surface area (Å²) in [5.41, 5.74) is 6.38. The Morgan fingerprint density at radius 3 is 3.00 bits per heavy atom. The number of nitrogens with zero attached hydrogens (tertiary/aromatic N) is 1. The Bertz CT molecular complexity index is 151. The Labute approximate surface area is 87.6 Å². The molecule has 1 atom stereocenters. The Kier molecular flexibility index (Phi) is 8.75. The number of hydrogen-bond acceptors (Lipinski definition) is 4. The normalized spacial score (nSPS) is 15.7. The maximum absolute atomic E-state index is 8.94. The van der Waals surface area contributed by atoms with Crippen molar-refractivity contribution >= 4 is 32.0 Å². The van der Waals surface area contributed by atoms with Crippen molar-refractivity contribution in [2.75, 3.05) is 5.75 Å². The van der Waals surface area contributed by atoms with Gasteiger partial charge in [-0.15, -0.1) is 0 Å². The summed E-state index contributed by atoms with van der Waals surface area (Å²) in [6.45, 7) is 3.88. The van der Waals surface area contributed by atoms with Crippen LogP contribution < -0.4 is 17.5 Å². The second kappa shape index (κ2) is 7.87. The Morgan fingerprint density at radius 1 is 1.91 bits per heavy atom. The second-order valence-electron chi connectivity index (χ2n) is 1.81. The van der Waals surface area contributed by atoms with E-state index in [-0.39, 0.29) is 39.7 Å². The van der Waals surface area contributed by atoms with Crippen LogP contribution in [0.2, 0.25) is 0 Å². The van der Waals surface area contributed by atoms with E-state index in [1.165, 1.54) is 3.51 Å². The number of hydrogen-bond donors (Lipinski definition) is 2. The summed E-state index contributed by atoms with van der Waals surface area (Å²) in [5, 5.41) is 8.94. The van der Waals surface area contributed by atoms with Gasteiger partial charge in [0.2, 0.25) is 0 Å². The SMILES string of the molecule is CC(CSC(C)O)=I[I-]N=N. The quantitative estimate of drug-likeness (QED) is 0.359. The van der Waals surface area contributed by atoms with E-state index >= 15 is 0 Å². The molecular weight excluding hydrogens is 390 g/mol. The third-order valence-electron chi connectivity index (χ3n) is 0.709. The standard InChI is InChI=1S/C5H11I2N2OS/c1-4(6-7-9-8)3-11-5(2)10/h5,8,10H,3H2,1-2H3/q-1. The number of thioether (sulfide) groups is 1. The fraction of sp³-hybridized carbons (Fsp3) is 0.800. The second-order valence-corrected chi connectivity index (χ2v) is 11.4. The van der Waals surface area contributed by atoms with E-state index in [9.17, 15) is 0 Å². The maximum atomic E-state index is 8.94. The van der Waals surface area contributed by atoms with Crippen molar-refractivity contribution in [1.29, 1.82) is 5.53 Å². The van der Waals surface area contributed by atoms with E-state index in [1.54, 1.807) is 18.7 Å². The molecule has 68 valence electrons. The zero-order valence-electron chi connectivity index (χ0n) is 6.34. The molecule has 0 aliphatic heterocycles. The predicted molar refractivity (Wildman–Crippen MR) is 54.0 cm³/mol. The first-order valence-corrected chi connectivity index (χ1v) is 12.3. The zero-order valence-corrected chi connectivity index (χ0v) is 11.5. The number of aliphatic hydroxyl groups is 1. The molecule has 3 nitrogen and oxygen atoms in total. The van der Waals surface area contributed by atoms with E-state index < -0.39 is 0 Å². The van der Waals surface area contributed by atoms with Gasteiger partial charge in [0.05, 0.1) is 0 Å². The van der Waals surface area contributed by atoms with Crippen LogP contribution in [-0.2, 0) is 0 Å². The average molecular weight is 401 g/mol. The van der Waals surface area contributed by atoms with Crippen LogP contribution in [0, 0.1) is 5.53 Å². The van der Waals surface area contributed by atoms with Crippen LogP contribution in [0.1, 0.15) is 13.8 Å². The molecule has 0 amide bonds. The summed E-state index contributed by atoms with van der Waals surface area (Å²) in [7, 11) is 0. The van der Waals surface area contributed by atoms with Gasteiger partial charge in [0.1, 0.15) is 0 Å². The Hall–Kier alpha value is 1.24. The summed E-state index contributed by atoms with van der Waals surface area (Å²) in [5.74, 6) is 0.945. The van der Waals surface area contributed by atoms with Crippen LogP contribution >= 0.6 is 28.5 Å². The molecule has 0 aromatic rings. The molecule has 0 saturated carbocycles. The molecule has 0 saturated heterocycles. The van der Waals surface area contributed by atoms with Gasteiger partial charge < -0.3 is 0 Å². The van der Waals surface area contributed by atoms with Crippen LogP contribution in [0.4, 0.5) is 0 Å². The van der Waals surface area contributed by atoms with Crippen LogP contribution in [0.3, 0.4) is 0 Å². The molecule has 0 rings (SSSR count). The molecule has 0 fully saturated rings. The molecule has 6 heteroatoms. The van der Waals surface area contributed by atoms with Crippen molar-refractivity contribution in [3.05, 3.63) is 0 Å². The fourth-order valence-electron chi connectivity index (χ4n) is 0.327. The van der Waals surface area contributed by atoms with Crippen molar-refractivity contribution in [2.45, 2.75) is 19.3 Å². The average Bonchev–Trinajstić information content (AvgIpc) is 1.97. The molecule has 0 aliphatic carbocycles. The number of halogens is 2. The third kappa shape index (κ3) is 9.15. The molecule has 2 N–H and O–H groups in total. The van der Waals surface area contributed by atoms with Crippen molar-refractivity contribution in [3.8, 4) is 0 Å². The molecule has 0 aromatic carbocycles. The first-order valence-electron chi connectivity index (χ1n) is 2.94. The van der Waals surface area contributed by atoms with E-state index in [0.717, 1.165) is 5.75 Å². The van der Waals surface area contributed by atoms with E-state index in [0.29, 0.717) is 0 Å². The monoisotopic (exact) mass is 401 g/mol. The Balaban J connectivity index is 3.50. The van der Waals surface area contributed by atoms with Crippen molar-refractivity contribution in [2.24, 2.45) is 3.33 Å². The van der Waals surface area contributed by atoms with Gasteiger partial charge in [-0.05, 0) is 0 Å². The van der Waals surface area contributed by atoms with Gasteiger partial charge in [-0.1, -0.05) is 0 Å². The molecular formula is C5H11I2N2OS-. The minimum atomic E-state index is -0.264. The summed E-state index contributed by atoms with van der Waals surface area (Å²) < 4.78 is 4.86. The van der Waals surface area contributed by atoms with Gasteiger partial charge in [-0.3, -0.25) is 0 Å². The van der Waals surface area contributed by atoms with Gasteiger partial charge in [0.15, 0.2) is 0 Å². The van der Waals surface area contributed by atoms with Crippen LogP contribution in [0.15, 0.2) is 3.33 Å². The Morgan fingerprint density at radius 2 is 2.55 bits per heavy atom. The molecule has 11 heavy (non-hydrogen) atoms. The molecule has 0 radical (unpaired) electrons. The summed E-state index contributed by atoms with van der Waals surface area (Å²) in [4.78, 5) is 0. The van der Waals surface area contributed by atoms with E-state index in [2.05, 4.69) is 10.3 Å². The zero-order chi connectivity index (χ0) is 8.69. The van der Waals surface area contributed by atoms with Gasteiger partial charge in [0.25, 0.3) is 0 Å². The molecule has 1 unspecified atom stereocenters. The van der Waals surface area contributed by atoms with Gasteiger partial charge >= 0.3 is 88.5 Å². The third-order valence-corrected chi connectivity index (χ3v) is 10.9. The molecule has 0 aliphatic rings. The van der Waals surface area contributed by atoms with Gasteiger partial charge in [0, 0.05) is 0 Å². The van der Waals surface area contributed by atoms with Crippen molar-refractivity contribution in [1.82, 2.24) is 0 Å². The van der Waals surface area contributed by atoms with Crippen molar-refractivity contribution in [3.63, 3.8) is 0 Å². The molecule has 0 bridgehead atoms. The number of rotatable bonds is 5. The topological polar surface area (TPSA) is 56.4 Å². The summed E-state index contributed by atoms with van der Waals surface area (Å²) >= 11 is 1.45. The fourth-order valence-corrected chi connectivity index (χ4v) is 7.20. The summed E-state index contributed by atoms with van der Waals surface area (Å²) in [6.07, 6.45) is 0. The van der Waals surface area contributed by atoms with E-state index in [4.69, 9.17) is 10.6 Å². The molecule has 0 spiro atoms. The van der Waals surface area contributed by atoms with Crippen LogP contribution in [0.5, 0.6) is 0 Å². The first-order chi connectivity index (χ1) is 5.16. The first kappa shape index (κ1) is 12.2. The van der Waals surface area contributed by atoms with Crippen molar-refractivity contribution < 1.29 is 22.6 Å².